The Labute approximate surface area is 135 Å². The first kappa shape index (κ1) is 19.7. The van der Waals surface area contributed by atoms with Gasteiger partial charge in [0.1, 0.15) is 11.8 Å². The number of alkyl halides is 3. The first-order valence-electron chi connectivity index (χ1n) is 6.65. The number of carbonyl (C=O) groups excluding carboxylic acids is 2. The molecule has 1 unspecified atom stereocenters. The van der Waals surface area contributed by atoms with E-state index in [0.29, 0.717) is 0 Å². The van der Waals surface area contributed by atoms with Crippen LogP contribution in [-0.4, -0.2) is 51.5 Å². The van der Waals surface area contributed by atoms with Crippen LogP contribution in [0.3, 0.4) is 0 Å². The molecule has 0 heterocycles. The minimum absolute atomic E-state index is 0.0335. The summed E-state index contributed by atoms with van der Waals surface area (Å²) in [4.78, 5) is 23.3. The van der Waals surface area contributed by atoms with Crippen molar-refractivity contribution in [2.24, 2.45) is 5.73 Å². The number of methoxy groups -OCH3 is 2. The van der Waals surface area contributed by atoms with Gasteiger partial charge in [-0.2, -0.15) is 13.2 Å². The highest BCUT2D eigenvalue weighted by atomic mass is 19.4. The van der Waals surface area contributed by atoms with Gasteiger partial charge in [0, 0.05) is 7.11 Å². The van der Waals surface area contributed by atoms with E-state index in [1.54, 1.807) is 0 Å². The molecule has 0 saturated heterocycles. The second-order valence-electron chi connectivity index (χ2n) is 4.66. The topological polar surface area (TPSA) is 99.9 Å². The van der Waals surface area contributed by atoms with Crippen LogP contribution in [0.4, 0.5) is 18.9 Å². The van der Waals surface area contributed by atoms with Crippen LogP contribution >= 0.6 is 0 Å². The van der Waals surface area contributed by atoms with Gasteiger partial charge in [-0.3, -0.25) is 4.79 Å². The third-order valence-corrected chi connectivity index (χ3v) is 2.73. The molecule has 134 valence electrons. The minimum Gasteiger partial charge on any atom is -0.482 e. The number of hydrogen-bond donors (Lipinski definition) is 2. The predicted octanol–water partition coefficient (Wildman–Crippen LogP) is 1.33. The largest absolute Gasteiger partial charge is 0.482 e. The number of halogens is 3. The van der Waals surface area contributed by atoms with Crippen molar-refractivity contribution in [1.82, 2.24) is 0 Å². The van der Waals surface area contributed by atoms with Crippen LogP contribution in [0.15, 0.2) is 18.2 Å². The fourth-order valence-electron chi connectivity index (χ4n) is 1.63. The Bertz CT molecular complexity index is 592. The molecule has 0 fully saturated rings. The van der Waals surface area contributed by atoms with Gasteiger partial charge in [0.25, 0.3) is 0 Å². The first-order valence-corrected chi connectivity index (χ1v) is 6.65. The number of benzene rings is 1. The Morgan fingerprint density at radius 3 is 2.50 bits per heavy atom. The zero-order valence-corrected chi connectivity index (χ0v) is 13.0. The summed E-state index contributed by atoms with van der Waals surface area (Å²) in [5.41, 5.74) is 5.44. The monoisotopic (exact) mass is 350 g/mol. The summed E-state index contributed by atoms with van der Waals surface area (Å²) in [7, 11) is 2.47. The van der Waals surface area contributed by atoms with Crippen molar-refractivity contribution in [3.05, 3.63) is 23.8 Å². The normalized spacial score (nSPS) is 12.4. The average Bonchev–Trinajstić information content (AvgIpc) is 2.52. The summed E-state index contributed by atoms with van der Waals surface area (Å²) >= 11 is 0. The molecule has 24 heavy (non-hydrogen) atoms. The summed E-state index contributed by atoms with van der Waals surface area (Å²) in [6.45, 7) is -1.67. The van der Waals surface area contributed by atoms with Crippen molar-refractivity contribution in [3.63, 3.8) is 0 Å². The van der Waals surface area contributed by atoms with Crippen molar-refractivity contribution >= 4 is 17.6 Å². The van der Waals surface area contributed by atoms with Crippen LogP contribution < -0.4 is 15.8 Å². The van der Waals surface area contributed by atoms with Crippen molar-refractivity contribution in [2.45, 2.75) is 12.2 Å². The second kappa shape index (κ2) is 8.50. The fourth-order valence-corrected chi connectivity index (χ4v) is 1.63. The Morgan fingerprint density at radius 2 is 1.96 bits per heavy atom. The number of hydrogen-bond acceptors (Lipinski definition) is 6. The third-order valence-electron chi connectivity index (χ3n) is 2.73. The summed E-state index contributed by atoms with van der Waals surface area (Å²) in [6.07, 6.45) is -4.59. The lowest BCUT2D eigenvalue weighted by Crippen LogP contribution is -2.39. The molecule has 0 aliphatic heterocycles. The van der Waals surface area contributed by atoms with Gasteiger partial charge < -0.3 is 25.3 Å². The molecule has 0 bridgehead atoms. The highest BCUT2D eigenvalue weighted by molar-refractivity contribution is 5.97. The standard InChI is InChI=1S/C14H17F3N2O5/c1-22-6-9(18)12(20)19-10-4-3-8(13(21)23-2)5-11(10)24-7-14(15,16)17/h3-5,9H,6-7,18H2,1-2H3,(H,19,20). The maximum absolute atomic E-state index is 12.3. The molecule has 3 N–H and O–H groups in total. The Hall–Kier alpha value is -2.33. The van der Waals surface area contributed by atoms with Crippen LogP contribution in [-0.2, 0) is 14.3 Å². The summed E-state index contributed by atoms with van der Waals surface area (Å²) in [5.74, 6) is -1.78. The molecule has 7 nitrogen and oxygen atoms in total. The maximum atomic E-state index is 12.3. The molecular weight excluding hydrogens is 333 g/mol. The average molecular weight is 350 g/mol. The van der Waals surface area contributed by atoms with E-state index < -0.39 is 30.7 Å². The van der Waals surface area contributed by atoms with Crippen LogP contribution in [0.2, 0.25) is 0 Å². The molecule has 1 amide bonds. The zero-order valence-electron chi connectivity index (χ0n) is 13.0. The van der Waals surface area contributed by atoms with Crippen LogP contribution in [0.1, 0.15) is 10.4 Å². The van der Waals surface area contributed by atoms with Gasteiger partial charge in [0.05, 0.1) is 25.0 Å². The smallest absolute Gasteiger partial charge is 0.422 e. The van der Waals surface area contributed by atoms with Gasteiger partial charge >= 0.3 is 12.1 Å². The van der Waals surface area contributed by atoms with Gasteiger partial charge in [0.2, 0.25) is 5.91 Å². The molecular formula is C14H17F3N2O5. The van der Waals surface area contributed by atoms with Crippen LogP contribution in [0.25, 0.3) is 0 Å². The van der Waals surface area contributed by atoms with Gasteiger partial charge in [-0.1, -0.05) is 0 Å². The Kier molecular flexibility index (Phi) is 6.98. The van der Waals surface area contributed by atoms with E-state index >= 15 is 0 Å². The van der Waals surface area contributed by atoms with E-state index in [1.807, 2.05) is 0 Å². The predicted molar refractivity (Wildman–Crippen MR) is 77.8 cm³/mol. The number of nitrogens with one attached hydrogen (secondary N) is 1. The number of ether oxygens (including phenoxy) is 3. The first-order chi connectivity index (χ1) is 11.2. The van der Waals surface area contributed by atoms with Gasteiger partial charge in [-0.25, -0.2) is 4.79 Å². The molecule has 1 aromatic rings. The van der Waals surface area contributed by atoms with Crippen molar-refractivity contribution in [1.29, 1.82) is 0 Å². The lowest BCUT2D eigenvalue weighted by Gasteiger charge is -2.16. The molecule has 1 rings (SSSR count). The van der Waals surface area contributed by atoms with Gasteiger partial charge in [-0.15, -0.1) is 0 Å². The lowest BCUT2D eigenvalue weighted by atomic mass is 10.1. The lowest BCUT2D eigenvalue weighted by molar-refractivity contribution is -0.153. The molecule has 0 saturated carbocycles. The SMILES string of the molecule is COCC(N)C(=O)Nc1ccc(C(=O)OC)cc1OCC(F)(F)F. The summed E-state index contributed by atoms with van der Waals surface area (Å²) in [5, 5.41) is 2.33. The molecule has 0 aromatic heterocycles. The number of anilines is 1. The Morgan fingerprint density at radius 1 is 1.29 bits per heavy atom. The number of esters is 1. The van der Waals surface area contributed by atoms with E-state index in [9.17, 15) is 22.8 Å². The molecule has 0 aliphatic carbocycles. The molecule has 1 atom stereocenters. The number of amides is 1. The molecule has 0 aliphatic rings. The third kappa shape index (κ3) is 6.05. The molecule has 0 spiro atoms. The number of carbonyl (C=O) groups is 2. The summed E-state index contributed by atoms with van der Waals surface area (Å²) in [6, 6.07) is 2.50. The van der Waals surface area contributed by atoms with Crippen molar-refractivity contribution < 1.29 is 37.0 Å². The van der Waals surface area contributed by atoms with E-state index in [-0.39, 0.29) is 23.6 Å². The quantitative estimate of drug-likeness (QED) is 0.720. The van der Waals surface area contributed by atoms with Crippen LogP contribution in [0, 0.1) is 0 Å². The van der Waals surface area contributed by atoms with E-state index in [0.717, 1.165) is 13.2 Å². The van der Waals surface area contributed by atoms with E-state index in [2.05, 4.69) is 14.8 Å². The maximum Gasteiger partial charge on any atom is 0.422 e. The van der Waals surface area contributed by atoms with Gasteiger partial charge in [0.15, 0.2) is 6.61 Å². The minimum atomic E-state index is -4.59. The number of nitrogens with two attached hydrogens (primary N) is 1. The highest BCUT2D eigenvalue weighted by Crippen LogP contribution is 2.28. The van der Waals surface area contributed by atoms with Crippen molar-refractivity contribution in [2.75, 3.05) is 32.8 Å². The Balaban J connectivity index is 3.04. The van der Waals surface area contributed by atoms with E-state index in [1.165, 1.54) is 19.2 Å². The highest BCUT2D eigenvalue weighted by Gasteiger charge is 2.29. The second-order valence-corrected chi connectivity index (χ2v) is 4.66. The molecule has 10 heteroatoms. The molecule has 0 radical (unpaired) electrons. The molecule has 1 aromatic carbocycles. The van der Waals surface area contributed by atoms with Crippen molar-refractivity contribution in [3.8, 4) is 5.75 Å². The van der Waals surface area contributed by atoms with Crippen LogP contribution in [0.5, 0.6) is 5.75 Å². The fraction of sp³-hybridized carbons (Fsp3) is 0.429. The zero-order chi connectivity index (χ0) is 18.3. The summed E-state index contributed by atoms with van der Waals surface area (Å²) < 4.78 is 50.9. The van der Waals surface area contributed by atoms with E-state index in [4.69, 9.17) is 10.5 Å². The van der Waals surface area contributed by atoms with Gasteiger partial charge in [-0.05, 0) is 18.2 Å². The number of rotatable bonds is 7.